The lowest BCUT2D eigenvalue weighted by Crippen LogP contribution is -2.48. The lowest BCUT2D eigenvalue weighted by Gasteiger charge is -2.35. The highest BCUT2D eigenvalue weighted by atomic mass is 35.5. The van der Waals surface area contributed by atoms with Gasteiger partial charge in [-0.05, 0) is 50.9 Å². The molecule has 2 atom stereocenters. The monoisotopic (exact) mass is 327 g/mol. The quantitative estimate of drug-likeness (QED) is 0.892. The molecule has 0 aromatic heterocycles. The van der Waals surface area contributed by atoms with Crippen LogP contribution < -0.4 is 10.6 Å². The van der Waals surface area contributed by atoms with E-state index in [9.17, 15) is 9.18 Å². The van der Waals surface area contributed by atoms with Gasteiger partial charge in [0, 0.05) is 23.8 Å². The van der Waals surface area contributed by atoms with Crippen LogP contribution in [0.1, 0.15) is 25.7 Å². The summed E-state index contributed by atoms with van der Waals surface area (Å²) in [6.07, 6.45) is 4.73. The van der Waals surface area contributed by atoms with E-state index in [2.05, 4.69) is 15.5 Å². The highest BCUT2D eigenvalue weighted by Crippen LogP contribution is 2.29. The Morgan fingerprint density at radius 3 is 2.68 bits per heavy atom. The summed E-state index contributed by atoms with van der Waals surface area (Å²) in [4.78, 5) is 14.2. The van der Waals surface area contributed by atoms with Crippen molar-refractivity contribution in [3.8, 4) is 0 Å². The maximum absolute atomic E-state index is 13.1. The number of benzene rings is 1. The Balaban J connectivity index is 0.00000176. The number of likely N-dealkylation sites (N-methyl/N-ethyl adjacent to an activating group) is 1. The third kappa shape index (κ3) is 4.18. The first-order valence-corrected chi connectivity index (χ1v) is 7.62. The summed E-state index contributed by atoms with van der Waals surface area (Å²) in [7, 11) is 2.00. The van der Waals surface area contributed by atoms with Crippen molar-refractivity contribution in [2.45, 2.75) is 43.8 Å². The van der Waals surface area contributed by atoms with Crippen LogP contribution in [0.3, 0.4) is 0 Å². The number of hydrogen-bond acceptors (Lipinski definition) is 3. The predicted octanol–water partition coefficient (Wildman–Crippen LogP) is 2.40. The van der Waals surface area contributed by atoms with E-state index in [4.69, 9.17) is 0 Å². The summed E-state index contributed by atoms with van der Waals surface area (Å²) in [5, 5.41) is 6.36. The van der Waals surface area contributed by atoms with Gasteiger partial charge in [0.2, 0.25) is 5.91 Å². The largest absolute Gasteiger partial charge is 0.325 e. The van der Waals surface area contributed by atoms with Crippen LogP contribution in [0.25, 0.3) is 0 Å². The van der Waals surface area contributed by atoms with Gasteiger partial charge in [0.15, 0.2) is 0 Å². The van der Waals surface area contributed by atoms with Gasteiger partial charge >= 0.3 is 0 Å². The molecule has 2 aliphatic rings. The van der Waals surface area contributed by atoms with E-state index < -0.39 is 0 Å². The molecule has 1 amide bonds. The van der Waals surface area contributed by atoms with Gasteiger partial charge in [0.25, 0.3) is 0 Å². The number of amides is 1. The molecule has 0 spiro atoms. The maximum atomic E-state index is 13.1. The van der Waals surface area contributed by atoms with Gasteiger partial charge in [0.1, 0.15) is 5.82 Å². The van der Waals surface area contributed by atoms with Crippen LogP contribution in [0.2, 0.25) is 0 Å². The fourth-order valence-corrected chi connectivity index (χ4v) is 3.51. The average Bonchev–Trinajstić information content (AvgIpc) is 2.77. The molecule has 2 heterocycles. The van der Waals surface area contributed by atoms with Crippen LogP contribution >= 0.6 is 12.4 Å². The zero-order valence-electron chi connectivity index (χ0n) is 12.7. The molecule has 2 saturated heterocycles. The van der Waals surface area contributed by atoms with Crippen LogP contribution in [-0.2, 0) is 4.79 Å². The molecule has 0 saturated carbocycles. The number of piperidine rings is 1. The third-order valence-corrected chi connectivity index (χ3v) is 4.57. The number of carbonyl (C=O) groups is 1. The highest BCUT2D eigenvalue weighted by Gasteiger charge is 2.35. The second-order valence-electron chi connectivity index (χ2n) is 6.24. The van der Waals surface area contributed by atoms with Gasteiger partial charge in [-0.3, -0.25) is 9.69 Å². The molecule has 22 heavy (non-hydrogen) atoms. The molecule has 6 heteroatoms. The Labute approximate surface area is 136 Å². The fraction of sp³-hybridized carbons (Fsp3) is 0.562. The van der Waals surface area contributed by atoms with E-state index in [1.165, 1.54) is 25.0 Å². The molecule has 0 aliphatic carbocycles. The van der Waals surface area contributed by atoms with E-state index in [0.29, 0.717) is 30.4 Å². The molecule has 1 aromatic rings. The minimum absolute atomic E-state index is 0. The topological polar surface area (TPSA) is 44.4 Å². The van der Waals surface area contributed by atoms with E-state index in [0.717, 1.165) is 12.8 Å². The van der Waals surface area contributed by atoms with Crippen molar-refractivity contribution < 1.29 is 9.18 Å². The summed E-state index contributed by atoms with van der Waals surface area (Å²) < 4.78 is 13.1. The van der Waals surface area contributed by atoms with Gasteiger partial charge < -0.3 is 10.6 Å². The van der Waals surface area contributed by atoms with Gasteiger partial charge in [-0.15, -0.1) is 12.4 Å². The van der Waals surface area contributed by atoms with Crippen LogP contribution in [0, 0.1) is 5.82 Å². The van der Waals surface area contributed by atoms with Crippen molar-refractivity contribution in [1.82, 2.24) is 10.2 Å². The smallest absolute Gasteiger partial charge is 0.238 e. The summed E-state index contributed by atoms with van der Waals surface area (Å²) >= 11 is 0. The highest BCUT2D eigenvalue weighted by molar-refractivity contribution is 5.92. The van der Waals surface area contributed by atoms with Crippen LogP contribution in [0.4, 0.5) is 10.1 Å². The lowest BCUT2D eigenvalue weighted by atomic mass is 9.98. The fourth-order valence-electron chi connectivity index (χ4n) is 3.51. The number of nitrogens with one attached hydrogen (secondary N) is 2. The molecule has 2 unspecified atom stereocenters. The first kappa shape index (κ1) is 17.2. The molecule has 122 valence electrons. The number of rotatable bonds is 4. The number of hydrogen-bond donors (Lipinski definition) is 2. The minimum Gasteiger partial charge on any atom is -0.325 e. The van der Waals surface area contributed by atoms with Gasteiger partial charge in [-0.1, -0.05) is 6.07 Å². The molecule has 2 fully saturated rings. The number of halogens is 2. The Kier molecular flexibility index (Phi) is 5.78. The van der Waals surface area contributed by atoms with E-state index in [1.807, 2.05) is 7.05 Å². The molecule has 3 rings (SSSR count). The average molecular weight is 328 g/mol. The van der Waals surface area contributed by atoms with Gasteiger partial charge in [-0.2, -0.15) is 0 Å². The summed E-state index contributed by atoms with van der Waals surface area (Å²) in [6, 6.07) is 7.69. The molecular formula is C16H23ClFN3O. The van der Waals surface area contributed by atoms with Crippen LogP contribution in [0.15, 0.2) is 24.3 Å². The first-order valence-electron chi connectivity index (χ1n) is 7.62. The van der Waals surface area contributed by atoms with Gasteiger partial charge in [0.05, 0.1) is 6.54 Å². The normalized spacial score (nSPS) is 26.6. The summed E-state index contributed by atoms with van der Waals surface area (Å²) in [5.74, 6) is -0.426. The molecule has 2 bridgehead atoms. The molecule has 4 nitrogen and oxygen atoms in total. The van der Waals surface area contributed by atoms with Gasteiger partial charge in [-0.25, -0.2) is 4.39 Å². The number of nitrogens with zero attached hydrogens (tertiary/aromatic N) is 1. The summed E-state index contributed by atoms with van der Waals surface area (Å²) in [5.41, 5.74) is 0.513. The molecule has 1 aromatic carbocycles. The van der Waals surface area contributed by atoms with Crippen LogP contribution in [0.5, 0.6) is 0 Å². The maximum Gasteiger partial charge on any atom is 0.238 e. The lowest BCUT2D eigenvalue weighted by molar-refractivity contribution is -0.117. The van der Waals surface area contributed by atoms with Crippen molar-refractivity contribution in [2.24, 2.45) is 0 Å². The van der Waals surface area contributed by atoms with E-state index in [-0.39, 0.29) is 24.1 Å². The second kappa shape index (κ2) is 7.40. The zero-order chi connectivity index (χ0) is 14.8. The van der Waals surface area contributed by atoms with Crippen molar-refractivity contribution in [3.63, 3.8) is 0 Å². The molecular weight excluding hydrogens is 305 g/mol. The molecule has 2 N–H and O–H groups in total. The number of fused-ring (bicyclic) bond motifs is 2. The summed E-state index contributed by atoms with van der Waals surface area (Å²) in [6.45, 7) is 0.348. The first-order chi connectivity index (χ1) is 10.1. The molecule has 2 aliphatic heterocycles. The Morgan fingerprint density at radius 1 is 1.36 bits per heavy atom. The number of anilines is 1. The molecule has 0 radical (unpaired) electrons. The van der Waals surface area contributed by atoms with Crippen molar-refractivity contribution in [2.75, 3.05) is 18.9 Å². The van der Waals surface area contributed by atoms with Crippen molar-refractivity contribution in [1.29, 1.82) is 0 Å². The van der Waals surface area contributed by atoms with Crippen molar-refractivity contribution >= 4 is 24.0 Å². The third-order valence-electron chi connectivity index (χ3n) is 4.57. The van der Waals surface area contributed by atoms with Crippen molar-refractivity contribution in [3.05, 3.63) is 30.1 Å². The standard InChI is InChI=1S/C16H22FN3O.ClH/c1-20(15-8-13-5-6-14(9-15)18-13)10-16(21)19-12-4-2-3-11(17)7-12;/h2-4,7,13-15,18H,5-6,8-10H2,1H3,(H,19,21);1H. The Morgan fingerprint density at radius 2 is 2.05 bits per heavy atom. The second-order valence-corrected chi connectivity index (χ2v) is 6.24. The number of carbonyl (C=O) groups excluding carboxylic acids is 1. The Bertz CT molecular complexity index is 516. The minimum atomic E-state index is -0.337. The van der Waals surface area contributed by atoms with E-state index in [1.54, 1.807) is 12.1 Å². The SMILES string of the molecule is CN(CC(=O)Nc1cccc(F)c1)C1CC2CCC(C1)N2.Cl. The van der Waals surface area contributed by atoms with Crippen LogP contribution in [-0.4, -0.2) is 42.5 Å². The Hall–Kier alpha value is -1.17. The van der Waals surface area contributed by atoms with E-state index >= 15 is 0 Å². The zero-order valence-corrected chi connectivity index (χ0v) is 13.5. The predicted molar refractivity (Wildman–Crippen MR) is 87.9 cm³/mol.